The molecule has 0 aliphatic rings. The highest BCUT2D eigenvalue weighted by atomic mass is 16.1. The molecule has 17 heavy (non-hydrogen) atoms. The Bertz CT molecular complexity index is 173. The monoisotopic (exact) mass is 242 g/mol. The zero-order chi connectivity index (χ0) is 13.5. The maximum absolute atomic E-state index is 11.2. The first kappa shape index (κ1) is 18.7. The van der Waals surface area contributed by atoms with Crippen molar-refractivity contribution in [3.8, 4) is 0 Å². The minimum atomic E-state index is 0.255. The van der Waals surface area contributed by atoms with Gasteiger partial charge in [-0.25, -0.2) is 0 Å². The topological polar surface area (TPSA) is 34.1 Å². The van der Waals surface area contributed by atoms with Crippen LogP contribution >= 0.6 is 0 Å². The third-order valence-corrected chi connectivity index (χ3v) is 2.62. The lowest BCUT2D eigenvalue weighted by atomic mass is 10.1. The van der Waals surface area contributed by atoms with Gasteiger partial charge in [0.1, 0.15) is 11.6 Å². The highest BCUT2D eigenvalue weighted by molar-refractivity contribution is 5.78. The second-order valence-electron chi connectivity index (χ2n) is 4.51. The van der Waals surface area contributed by atoms with Gasteiger partial charge in [0.25, 0.3) is 0 Å². The molecule has 0 rings (SSSR count). The molecule has 0 aromatic carbocycles. The molecule has 0 aromatic rings. The lowest BCUT2D eigenvalue weighted by molar-refractivity contribution is -0.119. The normalized spacial score (nSPS) is 9.41. The number of rotatable bonds is 9. The molecule has 0 aliphatic carbocycles. The molecule has 0 unspecified atom stereocenters. The SMILES string of the molecule is CCC(C)=O.CCCCCC(=O)CCCCC. The van der Waals surface area contributed by atoms with Gasteiger partial charge in [-0.1, -0.05) is 46.5 Å². The van der Waals surface area contributed by atoms with E-state index >= 15 is 0 Å². The predicted octanol–water partition coefficient (Wildman–Crippen LogP) is 4.70. The molecule has 0 spiro atoms. The van der Waals surface area contributed by atoms with Crippen LogP contribution in [0.3, 0.4) is 0 Å². The van der Waals surface area contributed by atoms with Gasteiger partial charge < -0.3 is 4.79 Å². The van der Waals surface area contributed by atoms with Crippen molar-refractivity contribution < 1.29 is 9.59 Å². The van der Waals surface area contributed by atoms with E-state index in [0.29, 0.717) is 12.2 Å². The summed E-state index contributed by atoms with van der Waals surface area (Å²) >= 11 is 0. The largest absolute Gasteiger partial charge is 0.300 e. The Morgan fingerprint density at radius 2 is 1.12 bits per heavy atom. The van der Waals surface area contributed by atoms with Crippen LogP contribution in [0.15, 0.2) is 0 Å². The summed E-state index contributed by atoms with van der Waals surface area (Å²) in [6.07, 6.45) is 9.33. The van der Waals surface area contributed by atoms with Crippen molar-refractivity contribution in [3.63, 3.8) is 0 Å². The summed E-state index contributed by atoms with van der Waals surface area (Å²) in [4.78, 5) is 21.0. The van der Waals surface area contributed by atoms with Crippen LogP contribution in [-0.2, 0) is 9.59 Å². The smallest absolute Gasteiger partial charge is 0.132 e. The molecule has 0 aliphatic heterocycles. The van der Waals surface area contributed by atoms with E-state index in [1.165, 1.54) is 25.7 Å². The Morgan fingerprint density at radius 3 is 1.35 bits per heavy atom. The van der Waals surface area contributed by atoms with Gasteiger partial charge in [-0.3, -0.25) is 4.79 Å². The van der Waals surface area contributed by atoms with Crippen LogP contribution in [-0.4, -0.2) is 11.6 Å². The third-order valence-electron chi connectivity index (χ3n) is 2.62. The fourth-order valence-corrected chi connectivity index (χ4v) is 1.27. The van der Waals surface area contributed by atoms with Crippen molar-refractivity contribution in [2.24, 2.45) is 0 Å². The Balaban J connectivity index is 0. The molecular weight excluding hydrogens is 212 g/mol. The van der Waals surface area contributed by atoms with Crippen LogP contribution in [0.2, 0.25) is 0 Å². The van der Waals surface area contributed by atoms with E-state index in [1.807, 2.05) is 6.92 Å². The second-order valence-corrected chi connectivity index (χ2v) is 4.51. The van der Waals surface area contributed by atoms with Crippen LogP contribution in [0.4, 0.5) is 0 Å². The maximum atomic E-state index is 11.2. The van der Waals surface area contributed by atoms with E-state index in [9.17, 15) is 9.59 Å². The molecule has 0 aromatic heterocycles. The third kappa shape index (κ3) is 21.2. The molecule has 102 valence electrons. The lowest BCUT2D eigenvalue weighted by Crippen LogP contribution is -1.96. The molecule has 0 saturated carbocycles. The van der Waals surface area contributed by atoms with E-state index in [0.717, 1.165) is 25.7 Å². The van der Waals surface area contributed by atoms with Crippen molar-refractivity contribution in [3.05, 3.63) is 0 Å². The summed E-state index contributed by atoms with van der Waals surface area (Å²) in [6.45, 7) is 7.77. The number of ketones is 2. The molecule has 0 saturated heterocycles. The summed E-state index contributed by atoms with van der Waals surface area (Å²) in [5.74, 6) is 0.724. The first-order valence-electron chi connectivity index (χ1n) is 7.09. The van der Waals surface area contributed by atoms with Crippen LogP contribution < -0.4 is 0 Å². The van der Waals surface area contributed by atoms with E-state index in [4.69, 9.17) is 0 Å². The summed E-state index contributed by atoms with van der Waals surface area (Å²) in [7, 11) is 0. The van der Waals surface area contributed by atoms with Gasteiger partial charge in [-0.2, -0.15) is 0 Å². The standard InChI is InChI=1S/C11H22O.C4H8O/c1-3-5-7-9-11(12)10-8-6-4-2;1-3-4(2)5/h3-10H2,1-2H3;3H2,1-2H3. The molecular formula is C15H30O2. The first-order chi connectivity index (χ1) is 8.08. The molecule has 2 heteroatoms. The summed E-state index contributed by atoms with van der Waals surface area (Å²) in [5, 5.41) is 0. The number of hydrogen-bond donors (Lipinski definition) is 0. The zero-order valence-electron chi connectivity index (χ0n) is 12.2. The Kier molecular flexibility index (Phi) is 16.9. The summed E-state index contributed by atoms with van der Waals surface area (Å²) in [5.41, 5.74) is 0. The Hall–Kier alpha value is -0.660. The highest BCUT2D eigenvalue weighted by Crippen LogP contribution is 2.05. The zero-order valence-corrected chi connectivity index (χ0v) is 12.2. The number of carbonyl (C=O) groups is 2. The maximum Gasteiger partial charge on any atom is 0.132 e. The van der Waals surface area contributed by atoms with E-state index in [2.05, 4.69) is 13.8 Å². The molecule has 2 nitrogen and oxygen atoms in total. The average molecular weight is 242 g/mol. The lowest BCUT2D eigenvalue weighted by Gasteiger charge is -1.98. The number of carbonyl (C=O) groups excluding carboxylic acids is 2. The van der Waals surface area contributed by atoms with E-state index in [1.54, 1.807) is 6.92 Å². The first-order valence-corrected chi connectivity index (χ1v) is 7.09. The number of hydrogen-bond acceptors (Lipinski definition) is 2. The van der Waals surface area contributed by atoms with Crippen LogP contribution in [0.5, 0.6) is 0 Å². The predicted molar refractivity (Wildman–Crippen MR) is 74.3 cm³/mol. The van der Waals surface area contributed by atoms with Gasteiger partial charge in [0.05, 0.1) is 0 Å². The van der Waals surface area contributed by atoms with Crippen molar-refractivity contribution in [1.82, 2.24) is 0 Å². The molecule has 0 atom stereocenters. The Labute approximate surface area is 107 Å². The van der Waals surface area contributed by atoms with Gasteiger partial charge in [0, 0.05) is 19.3 Å². The van der Waals surface area contributed by atoms with Crippen LogP contribution in [0.1, 0.15) is 85.5 Å². The van der Waals surface area contributed by atoms with Crippen molar-refractivity contribution in [1.29, 1.82) is 0 Å². The minimum absolute atomic E-state index is 0.255. The van der Waals surface area contributed by atoms with Gasteiger partial charge in [0.2, 0.25) is 0 Å². The molecule has 0 radical (unpaired) electrons. The molecule has 0 amide bonds. The second kappa shape index (κ2) is 15.3. The van der Waals surface area contributed by atoms with Gasteiger partial charge in [0.15, 0.2) is 0 Å². The molecule has 0 heterocycles. The minimum Gasteiger partial charge on any atom is -0.300 e. The van der Waals surface area contributed by atoms with Gasteiger partial charge in [-0.15, -0.1) is 0 Å². The van der Waals surface area contributed by atoms with Crippen molar-refractivity contribution in [2.75, 3.05) is 0 Å². The van der Waals surface area contributed by atoms with E-state index < -0.39 is 0 Å². The van der Waals surface area contributed by atoms with Crippen molar-refractivity contribution >= 4 is 11.6 Å². The van der Waals surface area contributed by atoms with Crippen LogP contribution in [0.25, 0.3) is 0 Å². The van der Waals surface area contributed by atoms with Gasteiger partial charge >= 0.3 is 0 Å². The summed E-state index contributed by atoms with van der Waals surface area (Å²) < 4.78 is 0. The van der Waals surface area contributed by atoms with Crippen molar-refractivity contribution in [2.45, 2.75) is 85.5 Å². The molecule has 0 N–H and O–H groups in total. The quantitative estimate of drug-likeness (QED) is 0.549. The number of unbranched alkanes of at least 4 members (excludes halogenated alkanes) is 4. The average Bonchev–Trinajstić information content (AvgIpc) is 2.30. The summed E-state index contributed by atoms with van der Waals surface area (Å²) in [6, 6.07) is 0. The highest BCUT2D eigenvalue weighted by Gasteiger charge is 1.99. The van der Waals surface area contributed by atoms with Crippen LogP contribution in [0, 0.1) is 0 Å². The fraction of sp³-hybridized carbons (Fsp3) is 0.867. The van der Waals surface area contributed by atoms with Gasteiger partial charge in [-0.05, 0) is 19.8 Å². The molecule has 0 bridgehead atoms. The fourth-order valence-electron chi connectivity index (χ4n) is 1.27. The molecule has 0 fully saturated rings. The number of Topliss-reactive ketones (excluding diaryl/α,β-unsaturated/α-hetero) is 2. The van der Waals surface area contributed by atoms with E-state index in [-0.39, 0.29) is 5.78 Å². The Morgan fingerprint density at radius 1 is 0.765 bits per heavy atom.